The topological polar surface area (TPSA) is 37.8 Å². The molecule has 0 bridgehead atoms. The molecule has 0 amide bonds. The Bertz CT molecular complexity index is 563. The number of anilines is 1. The Hall–Kier alpha value is -1.39. The van der Waals surface area contributed by atoms with Crippen molar-refractivity contribution in [3.63, 3.8) is 0 Å². The molecule has 0 aliphatic rings. The van der Waals surface area contributed by atoms with E-state index in [1.54, 1.807) is 12.1 Å². The Morgan fingerprint density at radius 2 is 2.00 bits per heavy atom. The lowest BCUT2D eigenvalue weighted by Gasteiger charge is -2.16. The molecule has 0 saturated heterocycles. The lowest BCUT2D eigenvalue weighted by Crippen LogP contribution is -2.08. The Kier molecular flexibility index (Phi) is 3.99. The molecule has 0 aliphatic carbocycles. The second-order valence-electron chi connectivity index (χ2n) is 3.79. The van der Waals surface area contributed by atoms with Crippen molar-refractivity contribution in [2.75, 3.05) is 5.32 Å². The Balaban J connectivity index is 2.21. The first-order chi connectivity index (χ1) is 8.56. The maximum Gasteiger partial charge on any atom is 0.174 e. The largest absolute Gasteiger partial charge is 0.376 e. The number of benzene rings is 1. The minimum absolute atomic E-state index is 0.126. The van der Waals surface area contributed by atoms with Crippen LogP contribution in [0.1, 0.15) is 18.5 Å². The highest BCUT2D eigenvalue weighted by molar-refractivity contribution is 6.33. The van der Waals surface area contributed by atoms with Crippen molar-refractivity contribution >= 4 is 28.9 Å². The van der Waals surface area contributed by atoms with Gasteiger partial charge in [0.15, 0.2) is 10.3 Å². The van der Waals surface area contributed by atoms with Gasteiger partial charge < -0.3 is 5.32 Å². The third kappa shape index (κ3) is 3.09. The zero-order chi connectivity index (χ0) is 13.1. The van der Waals surface area contributed by atoms with Crippen molar-refractivity contribution in [2.24, 2.45) is 0 Å². The molecule has 0 spiro atoms. The molecule has 18 heavy (non-hydrogen) atoms. The molecule has 3 nitrogen and oxygen atoms in total. The van der Waals surface area contributed by atoms with E-state index in [0.717, 1.165) is 5.56 Å². The van der Waals surface area contributed by atoms with Crippen molar-refractivity contribution in [3.8, 4) is 0 Å². The quantitative estimate of drug-likeness (QED) is 0.923. The molecular formula is C12H10Cl2FN3. The second kappa shape index (κ2) is 5.50. The maximum absolute atomic E-state index is 13.1. The molecule has 2 aromatic rings. The van der Waals surface area contributed by atoms with Crippen LogP contribution in [0.2, 0.25) is 10.3 Å². The number of nitrogens with one attached hydrogen (secondary N) is 1. The average molecular weight is 286 g/mol. The summed E-state index contributed by atoms with van der Waals surface area (Å²) in [5.41, 5.74) is 1.37. The lowest BCUT2D eigenvalue weighted by molar-refractivity contribution is 0.623. The SMILES string of the molecule is CC(Nc1cc(Cl)nnc1Cl)c1cccc(F)c1. The van der Waals surface area contributed by atoms with Gasteiger partial charge in [-0.05, 0) is 24.6 Å². The van der Waals surface area contributed by atoms with Crippen LogP contribution < -0.4 is 5.32 Å². The van der Waals surface area contributed by atoms with E-state index in [9.17, 15) is 4.39 Å². The van der Waals surface area contributed by atoms with Gasteiger partial charge in [-0.1, -0.05) is 35.3 Å². The van der Waals surface area contributed by atoms with Crippen molar-refractivity contribution in [3.05, 3.63) is 52.0 Å². The second-order valence-corrected chi connectivity index (χ2v) is 4.54. The molecule has 1 heterocycles. The molecule has 1 aromatic carbocycles. The summed E-state index contributed by atoms with van der Waals surface area (Å²) >= 11 is 11.6. The fourth-order valence-electron chi connectivity index (χ4n) is 1.55. The van der Waals surface area contributed by atoms with E-state index in [1.165, 1.54) is 12.1 Å². The third-order valence-corrected chi connectivity index (χ3v) is 2.90. The Labute approximate surface area is 114 Å². The Morgan fingerprint density at radius 1 is 1.22 bits per heavy atom. The van der Waals surface area contributed by atoms with Crippen molar-refractivity contribution in [1.82, 2.24) is 10.2 Å². The van der Waals surface area contributed by atoms with E-state index in [1.807, 2.05) is 13.0 Å². The van der Waals surface area contributed by atoms with Gasteiger partial charge in [-0.15, -0.1) is 10.2 Å². The van der Waals surface area contributed by atoms with Gasteiger partial charge in [0.2, 0.25) is 0 Å². The Morgan fingerprint density at radius 3 is 2.72 bits per heavy atom. The molecule has 0 aliphatic heterocycles. The van der Waals surface area contributed by atoms with Gasteiger partial charge in [-0.3, -0.25) is 0 Å². The summed E-state index contributed by atoms with van der Waals surface area (Å²) in [6, 6.07) is 7.79. The van der Waals surface area contributed by atoms with Crippen molar-refractivity contribution in [1.29, 1.82) is 0 Å². The number of hydrogen-bond acceptors (Lipinski definition) is 3. The minimum Gasteiger partial charge on any atom is -0.376 e. The molecule has 94 valence electrons. The fraction of sp³-hybridized carbons (Fsp3) is 0.167. The summed E-state index contributed by atoms with van der Waals surface area (Å²) in [5, 5.41) is 10.9. The predicted octanol–water partition coefficient (Wildman–Crippen LogP) is 4.10. The fourth-order valence-corrected chi connectivity index (χ4v) is 1.84. The van der Waals surface area contributed by atoms with Gasteiger partial charge in [0.1, 0.15) is 5.82 Å². The molecule has 0 fully saturated rings. The maximum atomic E-state index is 13.1. The molecule has 1 N–H and O–H groups in total. The molecule has 2 rings (SSSR count). The number of nitrogens with zero attached hydrogens (tertiary/aromatic N) is 2. The van der Waals surface area contributed by atoms with Crippen LogP contribution in [0.4, 0.5) is 10.1 Å². The van der Waals surface area contributed by atoms with Crippen LogP contribution in [0.25, 0.3) is 0 Å². The summed E-state index contributed by atoms with van der Waals surface area (Å²) in [6.45, 7) is 1.89. The van der Waals surface area contributed by atoms with E-state index >= 15 is 0 Å². The van der Waals surface area contributed by atoms with Crippen LogP contribution in [0.15, 0.2) is 30.3 Å². The first-order valence-electron chi connectivity index (χ1n) is 5.27. The summed E-state index contributed by atoms with van der Waals surface area (Å²) in [5.74, 6) is -0.280. The molecule has 1 atom stereocenters. The first kappa shape index (κ1) is 13.1. The molecule has 6 heteroatoms. The zero-order valence-corrected chi connectivity index (χ0v) is 11.0. The summed E-state index contributed by atoms with van der Waals surface area (Å²) < 4.78 is 13.1. The number of hydrogen-bond donors (Lipinski definition) is 1. The van der Waals surface area contributed by atoms with E-state index in [2.05, 4.69) is 15.5 Å². The molecule has 1 unspecified atom stereocenters. The summed E-state index contributed by atoms with van der Waals surface area (Å²) in [4.78, 5) is 0. The van der Waals surface area contributed by atoms with Gasteiger partial charge >= 0.3 is 0 Å². The zero-order valence-electron chi connectivity index (χ0n) is 9.49. The average Bonchev–Trinajstić information content (AvgIpc) is 2.34. The van der Waals surface area contributed by atoms with Crippen molar-refractivity contribution < 1.29 is 4.39 Å². The van der Waals surface area contributed by atoms with E-state index in [-0.39, 0.29) is 22.2 Å². The van der Waals surface area contributed by atoms with Gasteiger partial charge in [0.25, 0.3) is 0 Å². The van der Waals surface area contributed by atoms with Crippen LogP contribution in [0.5, 0.6) is 0 Å². The monoisotopic (exact) mass is 285 g/mol. The highest BCUT2D eigenvalue weighted by Crippen LogP contribution is 2.26. The van der Waals surface area contributed by atoms with Crippen LogP contribution in [-0.2, 0) is 0 Å². The van der Waals surface area contributed by atoms with Gasteiger partial charge in [0.05, 0.1) is 5.69 Å². The molecule has 0 radical (unpaired) electrons. The minimum atomic E-state index is -0.280. The third-order valence-electron chi connectivity index (χ3n) is 2.44. The standard InChI is InChI=1S/C12H10Cl2FN3/c1-7(8-3-2-4-9(15)5-8)16-10-6-11(13)17-18-12(10)14/h2-7H,1H3,(H,16,17). The summed E-state index contributed by atoms with van der Waals surface area (Å²) in [7, 11) is 0. The number of aromatic nitrogens is 2. The predicted molar refractivity (Wildman–Crippen MR) is 70.5 cm³/mol. The van der Waals surface area contributed by atoms with Crippen molar-refractivity contribution in [2.45, 2.75) is 13.0 Å². The van der Waals surface area contributed by atoms with Crippen LogP contribution in [0.3, 0.4) is 0 Å². The number of halogens is 3. The van der Waals surface area contributed by atoms with Crippen LogP contribution >= 0.6 is 23.2 Å². The first-order valence-corrected chi connectivity index (χ1v) is 6.02. The molecule has 1 aromatic heterocycles. The van der Waals surface area contributed by atoms with Crippen LogP contribution in [0, 0.1) is 5.82 Å². The van der Waals surface area contributed by atoms with E-state index < -0.39 is 0 Å². The molecular weight excluding hydrogens is 276 g/mol. The van der Waals surface area contributed by atoms with E-state index in [4.69, 9.17) is 23.2 Å². The summed E-state index contributed by atoms with van der Waals surface area (Å²) in [6.07, 6.45) is 0. The highest BCUT2D eigenvalue weighted by atomic mass is 35.5. The van der Waals surface area contributed by atoms with Crippen LogP contribution in [-0.4, -0.2) is 10.2 Å². The highest BCUT2D eigenvalue weighted by Gasteiger charge is 2.10. The normalized spacial score (nSPS) is 12.2. The molecule has 0 saturated carbocycles. The number of rotatable bonds is 3. The van der Waals surface area contributed by atoms with Gasteiger partial charge in [-0.25, -0.2) is 4.39 Å². The lowest BCUT2D eigenvalue weighted by atomic mass is 10.1. The van der Waals surface area contributed by atoms with Gasteiger partial charge in [0, 0.05) is 12.1 Å². The van der Waals surface area contributed by atoms with E-state index in [0.29, 0.717) is 5.69 Å². The smallest absolute Gasteiger partial charge is 0.174 e. The van der Waals surface area contributed by atoms with Gasteiger partial charge in [-0.2, -0.15) is 0 Å².